The van der Waals surface area contributed by atoms with Gasteiger partial charge in [-0.05, 0) is 25.1 Å². The number of nitro groups is 1. The normalized spacial score (nSPS) is 11.3. The average Bonchev–Trinajstić information content (AvgIpc) is 2.62. The zero-order valence-electron chi connectivity index (χ0n) is 13.5. The van der Waals surface area contributed by atoms with Crippen molar-refractivity contribution in [2.45, 2.75) is 13.0 Å². The van der Waals surface area contributed by atoms with Crippen molar-refractivity contribution in [3.05, 3.63) is 58.4 Å². The van der Waals surface area contributed by atoms with Gasteiger partial charge >= 0.3 is 5.97 Å². The number of hydrogen-bond donors (Lipinski definition) is 1. The number of anilines is 1. The van der Waals surface area contributed by atoms with Crippen LogP contribution in [0.25, 0.3) is 0 Å². The summed E-state index contributed by atoms with van der Waals surface area (Å²) in [7, 11) is 1.36. The van der Waals surface area contributed by atoms with Gasteiger partial charge < -0.3 is 14.8 Å². The van der Waals surface area contributed by atoms with E-state index in [9.17, 15) is 19.7 Å². The van der Waals surface area contributed by atoms with E-state index in [2.05, 4.69) is 10.3 Å². The number of pyridine rings is 1. The lowest BCUT2D eigenvalue weighted by atomic mass is 10.2. The first kappa shape index (κ1) is 17.9. The number of nitrogens with zero attached hydrogens (tertiary/aromatic N) is 2. The van der Waals surface area contributed by atoms with Gasteiger partial charge in [-0.3, -0.25) is 14.9 Å². The van der Waals surface area contributed by atoms with Crippen LogP contribution in [-0.4, -0.2) is 35.0 Å². The van der Waals surface area contributed by atoms with Crippen LogP contribution in [0.1, 0.15) is 17.4 Å². The minimum Gasteiger partial charge on any atom is -0.495 e. The predicted molar refractivity (Wildman–Crippen MR) is 87.4 cm³/mol. The van der Waals surface area contributed by atoms with Crippen molar-refractivity contribution < 1.29 is 24.0 Å². The SMILES string of the molecule is COc1ccc([N+](=O)[O-])cc1NC(=O)[C@@H](C)OC(=O)c1ccccn1. The monoisotopic (exact) mass is 345 g/mol. The number of carbonyl (C=O) groups excluding carboxylic acids is 2. The fourth-order valence-electron chi connectivity index (χ4n) is 1.90. The summed E-state index contributed by atoms with van der Waals surface area (Å²) in [6, 6.07) is 8.47. The number of carbonyl (C=O) groups is 2. The Hall–Kier alpha value is -3.49. The number of rotatable bonds is 6. The number of hydrogen-bond acceptors (Lipinski definition) is 7. The molecule has 0 saturated carbocycles. The van der Waals surface area contributed by atoms with Crippen molar-refractivity contribution in [2.24, 2.45) is 0 Å². The lowest BCUT2D eigenvalue weighted by Gasteiger charge is -2.14. The van der Waals surface area contributed by atoms with E-state index in [0.717, 1.165) is 6.07 Å². The lowest BCUT2D eigenvalue weighted by molar-refractivity contribution is -0.384. The molecule has 1 heterocycles. The second-order valence-electron chi connectivity index (χ2n) is 4.89. The molecule has 1 aromatic heterocycles. The molecule has 0 aliphatic rings. The predicted octanol–water partition coefficient (Wildman–Crippen LogP) is 2.18. The van der Waals surface area contributed by atoms with Crippen molar-refractivity contribution in [1.82, 2.24) is 4.98 Å². The minimum absolute atomic E-state index is 0.0649. The summed E-state index contributed by atoms with van der Waals surface area (Å²) in [5, 5.41) is 13.3. The van der Waals surface area contributed by atoms with Gasteiger partial charge in [-0.15, -0.1) is 0 Å². The number of nitro benzene ring substituents is 1. The number of nitrogens with one attached hydrogen (secondary N) is 1. The van der Waals surface area contributed by atoms with E-state index in [4.69, 9.17) is 9.47 Å². The topological polar surface area (TPSA) is 121 Å². The highest BCUT2D eigenvalue weighted by atomic mass is 16.6. The summed E-state index contributed by atoms with van der Waals surface area (Å²) in [5.41, 5.74) is -0.0493. The van der Waals surface area contributed by atoms with Crippen LogP contribution in [0.15, 0.2) is 42.6 Å². The van der Waals surface area contributed by atoms with Gasteiger partial charge in [0, 0.05) is 18.3 Å². The van der Waals surface area contributed by atoms with Gasteiger partial charge in [0.1, 0.15) is 11.4 Å². The van der Waals surface area contributed by atoms with Gasteiger partial charge in [-0.25, -0.2) is 9.78 Å². The Morgan fingerprint density at radius 1 is 1.28 bits per heavy atom. The summed E-state index contributed by atoms with van der Waals surface area (Å²) in [6.07, 6.45) is 0.286. The number of non-ortho nitro benzene ring substituents is 1. The third-order valence-electron chi connectivity index (χ3n) is 3.18. The molecule has 9 heteroatoms. The van der Waals surface area contributed by atoms with Gasteiger partial charge in [0.15, 0.2) is 6.10 Å². The highest BCUT2D eigenvalue weighted by Gasteiger charge is 2.21. The number of methoxy groups -OCH3 is 1. The summed E-state index contributed by atoms with van der Waals surface area (Å²) >= 11 is 0. The standard InChI is InChI=1S/C16H15N3O6/c1-10(25-16(21)12-5-3-4-8-17-12)15(20)18-13-9-11(19(22)23)6-7-14(13)24-2/h3-10H,1-2H3,(H,18,20)/t10-/m1/s1. The van der Waals surface area contributed by atoms with Crippen molar-refractivity contribution >= 4 is 23.3 Å². The quantitative estimate of drug-likeness (QED) is 0.484. The molecule has 0 saturated heterocycles. The molecule has 1 N–H and O–H groups in total. The molecule has 1 amide bonds. The van der Waals surface area contributed by atoms with Gasteiger partial charge in [-0.2, -0.15) is 0 Å². The molecule has 9 nitrogen and oxygen atoms in total. The molecule has 1 atom stereocenters. The second-order valence-corrected chi connectivity index (χ2v) is 4.89. The van der Waals surface area contributed by atoms with Crippen molar-refractivity contribution in [2.75, 3.05) is 12.4 Å². The maximum atomic E-state index is 12.2. The Balaban J connectivity index is 2.09. The van der Waals surface area contributed by atoms with E-state index in [1.165, 1.54) is 38.4 Å². The third-order valence-corrected chi connectivity index (χ3v) is 3.18. The highest BCUT2D eigenvalue weighted by Crippen LogP contribution is 2.29. The van der Waals surface area contributed by atoms with Crippen LogP contribution >= 0.6 is 0 Å². The molecule has 1 aromatic carbocycles. The molecule has 0 fully saturated rings. The Morgan fingerprint density at radius 2 is 2.04 bits per heavy atom. The Bertz CT molecular complexity index is 794. The Morgan fingerprint density at radius 3 is 2.64 bits per heavy atom. The molecule has 0 radical (unpaired) electrons. The van der Waals surface area contributed by atoms with Crippen LogP contribution in [0.5, 0.6) is 5.75 Å². The molecular formula is C16H15N3O6. The number of esters is 1. The minimum atomic E-state index is -1.14. The first-order valence-corrected chi connectivity index (χ1v) is 7.17. The van der Waals surface area contributed by atoms with Crippen molar-refractivity contribution in [3.63, 3.8) is 0 Å². The molecule has 0 unspecified atom stereocenters. The molecular weight excluding hydrogens is 330 g/mol. The van der Waals surface area contributed by atoms with Crippen LogP contribution in [0.4, 0.5) is 11.4 Å². The first-order chi connectivity index (χ1) is 11.9. The second kappa shape index (κ2) is 7.86. The van der Waals surface area contributed by atoms with Crippen LogP contribution in [0, 0.1) is 10.1 Å². The fourth-order valence-corrected chi connectivity index (χ4v) is 1.90. The Kier molecular flexibility index (Phi) is 5.62. The lowest BCUT2D eigenvalue weighted by Crippen LogP contribution is -2.30. The summed E-state index contributed by atoms with van der Waals surface area (Å²) in [5.74, 6) is -1.18. The molecule has 0 aliphatic heterocycles. The maximum Gasteiger partial charge on any atom is 0.357 e. The van der Waals surface area contributed by atoms with Gasteiger partial charge in [0.25, 0.3) is 11.6 Å². The fraction of sp³-hybridized carbons (Fsp3) is 0.188. The molecule has 2 aromatic rings. The third kappa shape index (κ3) is 4.50. The number of aromatic nitrogens is 1. The molecule has 130 valence electrons. The zero-order valence-corrected chi connectivity index (χ0v) is 13.5. The van der Waals surface area contributed by atoms with E-state index in [-0.39, 0.29) is 22.8 Å². The van der Waals surface area contributed by atoms with Crippen LogP contribution in [0.3, 0.4) is 0 Å². The molecule has 0 bridgehead atoms. The van der Waals surface area contributed by atoms with Gasteiger partial charge in [0.2, 0.25) is 0 Å². The highest BCUT2D eigenvalue weighted by molar-refractivity contribution is 5.98. The van der Waals surface area contributed by atoms with Gasteiger partial charge in [-0.1, -0.05) is 6.07 Å². The average molecular weight is 345 g/mol. The van der Waals surface area contributed by atoms with E-state index >= 15 is 0 Å². The zero-order chi connectivity index (χ0) is 18.4. The summed E-state index contributed by atoms with van der Waals surface area (Å²) in [6.45, 7) is 1.38. The summed E-state index contributed by atoms with van der Waals surface area (Å²) < 4.78 is 10.1. The summed E-state index contributed by atoms with van der Waals surface area (Å²) in [4.78, 5) is 38.2. The number of benzene rings is 1. The van der Waals surface area contributed by atoms with Crippen LogP contribution in [0.2, 0.25) is 0 Å². The molecule has 0 spiro atoms. The van der Waals surface area contributed by atoms with Gasteiger partial charge in [0.05, 0.1) is 17.7 Å². The molecule has 2 rings (SSSR count). The molecule has 25 heavy (non-hydrogen) atoms. The van der Waals surface area contributed by atoms with Crippen LogP contribution < -0.4 is 10.1 Å². The smallest absolute Gasteiger partial charge is 0.357 e. The first-order valence-electron chi connectivity index (χ1n) is 7.17. The van der Waals surface area contributed by atoms with E-state index in [1.807, 2.05) is 0 Å². The Labute approximate surface area is 142 Å². The molecule has 0 aliphatic carbocycles. The van der Waals surface area contributed by atoms with Crippen molar-refractivity contribution in [1.29, 1.82) is 0 Å². The van der Waals surface area contributed by atoms with Crippen LogP contribution in [-0.2, 0) is 9.53 Å². The van der Waals surface area contributed by atoms with E-state index in [1.54, 1.807) is 12.1 Å². The number of ether oxygens (including phenoxy) is 2. The largest absolute Gasteiger partial charge is 0.495 e. The van der Waals surface area contributed by atoms with E-state index in [0.29, 0.717) is 0 Å². The van der Waals surface area contributed by atoms with E-state index < -0.39 is 22.9 Å². The maximum absolute atomic E-state index is 12.2. The number of amides is 1. The van der Waals surface area contributed by atoms with Crippen molar-refractivity contribution in [3.8, 4) is 5.75 Å².